The minimum atomic E-state index is -3.62. The summed E-state index contributed by atoms with van der Waals surface area (Å²) in [4.78, 5) is 2.40. The summed E-state index contributed by atoms with van der Waals surface area (Å²) in [6, 6.07) is 5.12. The van der Waals surface area contributed by atoms with Gasteiger partial charge in [0, 0.05) is 19.6 Å². The smallest absolute Gasteiger partial charge is 0.247 e. The molecule has 23 heavy (non-hydrogen) atoms. The van der Waals surface area contributed by atoms with E-state index in [0.29, 0.717) is 25.4 Å². The van der Waals surface area contributed by atoms with Crippen molar-refractivity contribution in [2.24, 2.45) is 0 Å². The Hall–Kier alpha value is -1.15. The summed E-state index contributed by atoms with van der Waals surface area (Å²) in [6.07, 6.45) is 0.837. The molecule has 7 heteroatoms. The third kappa shape index (κ3) is 3.10. The average molecular weight is 340 g/mol. The highest BCUT2D eigenvalue weighted by molar-refractivity contribution is 7.89. The van der Waals surface area contributed by atoms with Crippen LogP contribution >= 0.6 is 0 Å². The number of hydrogen-bond acceptors (Lipinski definition) is 5. The van der Waals surface area contributed by atoms with Crippen molar-refractivity contribution < 1.29 is 17.9 Å². The lowest BCUT2D eigenvalue weighted by atomic mass is 10.0. The van der Waals surface area contributed by atoms with Gasteiger partial charge in [-0.05, 0) is 38.1 Å². The van der Waals surface area contributed by atoms with Gasteiger partial charge in [-0.3, -0.25) is 0 Å². The number of aryl methyl sites for hydroxylation is 1. The number of benzene rings is 1. The van der Waals surface area contributed by atoms with Gasteiger partial charge < -0.3 is 14.4 Å². The lowest BCUT2D eigenvalue weighted by Crippen LogP contribution is -2.60. The molecule has 2 aliphatic heterocycles. The van der Waals surface area contributed by atoms with Crippen molar-refractivity contribution in [3.05, 3.63) is 23.8 Å². The summed E-state index contributed by atoms with van der Waals surface area (Å²) in [5.74, 6) is 0.391. The van der Waals surface area contributed by atoms with E-state index in [1.165, 1.54) is 7.11 Å². The van der Waals surface area contributed by atoms with Gasteiger partial charge in [0.15, 0.2) is 0 Å². The molecule has 2 aliphatic rings. The van der Waals surface area contributed by atoms with Crippen LogP contribution in [0, 0.1) is 6.92 Å². The Morgan fingerprint density at radius 2 is 2.09 bits per heavy atom. The third-order valence-corrected chi connectivity index (χ3v) is 6.59. The Labute approximate surface area is 138 Å². The van der Waals surface area contributed by atoms with Crippen LogP contribution in [0.5, 0.6) is 5.75 Å². The fourth-order valence-corrected chi connectivity index (χ4v) is 5.28. The molecule has 1 aromatic carbocycles. The maximum atomic E-state index is 13.3. The second-order valence-electron chi connectivity index (χ2n) is 6.30. The number of ether oxygens (including phenoxy) is 2. The van der Waals surface area contributed by atoms with Crippen LogP contribution in [0.15, 0.2) is 23.1 Å². The number of morpholine rings is 1. The molecule has 0 unspecified atom stereocenters. The number of likely N-dealkylation sites (N-methyl/N-ethyl adjacent to an activating group) is 1. The van der Waals surface area contributed by atoms with Crippen LogP contribution in [0.2, 0.25) is 0 Å². The van der Waals surface area contributed by atoms with Gasteiger partial charge in [0.25, 0.3) is 0 Å². The van der Waals surface area contributed by atoms with Gasteiger partial charge in [0.1, 0.15) is 10.6 Å². The van der Waals surface area contributed by atoms with Gasteiger partial charge in [-0.1, -0.05) is 6.07 Å². The molecule has 0 spiro atoms. The van der Waals surface area contributed by atoms with Crippen LogP contribution in [-0.2, 0) is 14.8 Å². The molecule has 0 aromatic heterocycles. The number of piperidine rings is 1. The van der Waals surface area contributed by atoms with Crippen molar-refractivity contribution in [2.75, 3.05) is 40.4 Å². The Bertz CT molecular complexity index is 677. The lowest BCUT2D eigenvalue weighted by Gasteiger charge is -2.45. The molecule has 128 valence electrons. The highest BCUT2D eigenvalue weighted by Gasteiger charge is 2.43. The molecule has 2 saturated heterocycles. The van der Waals surface area contributed by atoms with Crippen LogP contribution in [0.4, 0.5) is 0 Å². The van der Waals surface area contributed by atoms with E-state index in [0.717, 1.165) is 18.5 Å². The molecule has 1 aromatic rings. The minimum absolute atomic E-state index is 0.0227. The van der Waals surface area contributed by atoms with Gasteiger partial charge in [-0.15, -0.1) is 0 Å². The first-order valence-corrected chi connectivity index (χ1v) is 9.34. The van der Waals surface area contributed by atoms with E-state index in [2.05, 4.69) is 4.90 Å². The van der Waals surface area contributed by atoms with Gasteiger partial charge in [0.05, 0.1) is 25.9 Å². The van der Waals surface area contributed by atoms with Gasteiger partial charge in [-0.25, -0.2) is 8.42 Å². The second-order valence-corrected chi connectivity index (χ2v) is 8.16. The maximum absolute atomic E-state index is 13.3. The second kappa shape index (κ2) is 6.39. The normalized spacial score (nSPS) is 26.7. The predicted octanol–water partition coefficient (Wildman–Crippen LogP) is 1.10. The SMILES string of the molecule is COc1ccc(C)cc1S(=O)(=O)N1CCO[C@H]2CCN(C)C[C@@H]21. The van der Waals surface area contributed by atoms with E-state index in [-0.39, 0.29) is 17.0 Å². The van der Waals surface area contributed by atoms with Crippen LogP contribution in [-0.4, -0.2) is 70.2 Å². The van der Waals surface area contributed by atoms with Crippen LogP contribution < -0.4 is 4.74 Å². The molecule has 0 N–H and O–H groups in total. The number of methoxy groups -OCH3 is 1. The number of nitrogens with zero attached hydrogens (tertiary/aromatic N) is 2. The molecule has 2 atom stereocenters. The highest BCUT2D eigenvalue weighted by atomic mass is 32.2. The molecular formula is C16H24N2O4S. The molecule has 0 bridgehead atoms. The standard InChI is InChI=1S/C16H24N2O4S/c1-12-4-5-15(21-3)16(10-12)23(19,20)18-8-9-22-14-6-7-17(2)11-13(14)18/h4-5,10,13-14H,6-9,11H2,1-3H3/t13-,14-/m0/s1. The number of likely N-dealkylation sites (tertiary alicyclic amines) is 1. The molecule has 3 rings (SSSR count). The molecule has 2 fully saturated rings. The first-order valence-electron chi connectivity index (χ1n) is 7.90. The monoisotopic (exact) mass is 340 g/mol. The van der Waals surface area contributed by atoms with E-state index >= 15 is 0 Å². The summed E-state index contributed by atoms with van der Waals surface area (Å²) >= 11 is 0. The topological polar surface area (TPSA) is 59.1 Å². The molecule has 0 aliphatic carbocycles. The Kier molecular flexibility index (Phi) is 4.64. The lowest BCUT2D eigenvalue weighted by molar-refractivity contribution is -0.0720. The van der Waals surface area contributed by atoms with Crippen molar-refractivity contribution in [3.63, 3.8) is 0 Å². The zero-order valence-electron chi connectivity index (χ0n) is 13.9. The quantitative estimate of drug-likeness (QED) is 0.825. The van der Waals surface area contributed by atoms with E-state index in [1.54, 1.807) is 16.4 Å². The molecular weight excluding hydrogens is 316 g/mol. The van der Waals surface area contributed by atoms with Crippen molar-refractivity contribution in [3.8, 4) is 5.75 Å². The van der Waals surface area contributed by atoms with Crippen LogP contribution in [0.1, 0.15) is 12.0 Å². The zero-order valence-corrected chi connectivity index (χ0v) is 14.7. The number of fused-ring (bicyclic) bond motifs is 1. The van der Waals surface area contributed by atoms with Gasteiger partial charge in [-0.2, -0.15) is 4.31 Å². The van der Waals surface area contributed by atoms with Crippen molar-refractivity contribution in [2.45, 2.75) is 30.4 Å². The fraction of sp³-hybridized carbons (Fsp3) is 0.625. The van der Waals surface area contributed by atoms with Gasteiger partial charge in [0.2, 0.25) is 10.0 Å². The van der Waals surface area contributed by atoms with Crippen LogP contribution in [0.25, 0.3) is 0 Å². The number of sulfonamides is 1. The first-order chi connectivity index (χ1) is 10.9. The highest BCUT2D eigenvalue weighted by Crippen LogP contribution is 2.32. The Morgan fingerprint density at radius 3 is 2.83 bits per heavy atom. The molecule has 2 heterocycles. The summed E-state index contributed by atoms with van der Waals surface area (Å²) < 4.78 is 39.2. The van der Waals surface area contributed by atoms with Crippen molar-refractivity contribution in [1.82, 2.24) is 9.21 Å². The zero-order chi connectivity index (χ0) is 16.6. The van der Waals surface area contributed by atoms with Crippen molar-refractivity contribution >= 4 is 10.0 Å². The summed E-state index contributed by atoms with van der Waals surface area (Å²) in [7, 11) is -0.103. The predicted molar refractivity (Wildman–Crippen MR) is 87.3 cm³/mol. The number of hydrogen-bond donors (Lipinski definition) is 0. The summed E-state index contributed by atoms with van der Waals surface area (Å²) in [6.45, 7) is 4.34. The van der Waals surface area contributed by atoms with Crippen molar-refractivity contribution in [1.29, 1.82) is 0 Å². The summed E-state index contributed by atoms with van der Waals surface area (Å²) in [5, 5.41) is 0. The van der Waals surface area contributed by atoms with E-state index in [9.17, 15) is 8.42 Å². The molecule has 0 amide bonds. The van der Waals surface area contributed by atoms with Gasteiger partial charge >= 0.3 is 0 Å². The van der Waals surface area contributed by atoms with E-state index in [1.807, 2.05) is 20.0 Å². The average Bonchev–Trinajstić information content (AvgIpc) is 2.54. The molecule has 0 saturated carbocycles. The Balaban J connectivity index is 1.99. The minimum Gasteiger partial charge on any atom is -0.495 e. The Morgan fingerprint density at radius 1 is 1.30 bits per heavy atom. The third-order valence-electron chi connectivity index (χ3n) is 4.64. The largest absolute Gasteiger partial charge is 0.495 e. The van der Waals surface area contributed by atoms with E-state index in [4.69, 9.17) is 9.47 Å². The molecule has 6 nitrogen and oxygen atoms in total. The summed E-state index contributed by atoms with van der Waals surface area (Å²) in [5.41, 5.74) is 0.898. The number of rotatable bonds is 3. The van der Waals surface area contributed by atoms with E-state index < -0.39 is 10.0 Å². The first kappa shape index (κ1) is 16.7. The van der Waals surface area contributed by atoms with Crippen LogP contribution in [0.3, 0.4) is 0 Å². The molecule has 0 radical (unpaired) electrons. The fourth-order valence-electron chi connectivity index (χ4n) is 3.41. The maximum Gasteiger partial charge on any atom is 0.247 e.